The molecule has 10 heteroatoms. The lowest BCUT2D eigenvalue weighted by Crippen LogP contribution is -2.42. The number of sulfonamides is 1. The number of para-hydroxylation sites is 1. The summed E-state index contributed by atoms with van der Waals surface area (Å²) in [6.45, 7) is 2.40. The van der Waals surface area contributed by atoms with E-state index >= 15 is 0 Å². The highest BCUT2D eigenvalue weighted by Gasteiger charge is 2.37. The average Bonchev–Trinajstić information content (AvgIpc) is 3.34. The van der Waals surface area contributed by atoms with Gasteiger partial charge in [0.05, 0.1) is 6.61 Å². The number of carbonyl (C=O) groups is 1. The largest absolute Gasteiger partial charge is 0.494 e. The third-order valence-corrected chi connectivity index (χ3v) is 6.67. The van der Waals surface area contributed by atoms with E-state index < -0.39 is 21.4 Å². The summed E-state index contributed by atoms with van der Waals surface area (Å²) in [5.74, 6) is 1.66. The van der Waals surface area contributed by atoms with E-state index in [-0.39, 0.29) is 12.3 Å². The minimum Gasteiger partial charge on any atom is -0.494 e. The van der Waals surface area contributed by atoms with Crippen molar-refractivity contribution >= 4 is 27.3 Å². The Labute approximate surface area is 198 Å². The lowest BCUT2D eigenvalue weighted by molar-refractivity contribution is -0.117. The van der Waals surface area contributed by atoms with Crippen LogP contribution in [0, 0.1) is 0 Å². The van der Waals surface area contributed by atoms with Crippen molar-refractivity contribution in [1.82, 2.24) is 10.9 Å². The van der Waals surface area contributed by atoms with Gasteiger partial charge in [0.1, 0.15) is 28.7 Å². The van der Waals surface area contributed by atoms with Gasteiger partial charge >= 0.3 is 0 Å². The van der Waals surface area contributed by atoms with Gasteiger partial charge in [0.25, 0.3) is 0 Å². The van der Waals surface area contributed by atoms with Crippen LogP contribution in [-0.4, -0.2) is 32.3 Å². The third-order valence-electron chi connectivity index (χ3n) is 5.09. The molecule has 0 saturated carbocycles. The van der Waals surface area contributed by atoms with Gasteiger partial charge < -0.3 is 14.8 Å². The van der Waals surface area contributed by atoms with Gasteiger partial charge in [0.15, 0.2) is 0 Å². The Kier molecular flexibility index (Phi) is 7.31. The molecule has 2 atom stereocenters. The van der Waals surface area contributed by atoms with Crippen molar-refractivity contribution in [1.29, 1.82) is 0 Å². The molecule has 178 valence electrons. The summed E-state index contributed by atoms with van der Waals surface area (Å²) in [5, 5.41) is 1.81. The van der Waals surface area contributed by atoms with Crippen LogP contribution in [0.1, 0.15) is 13.3 Å². The lowest BCUT2D eigenvalue weighted by Gasteiger charge is -2.14. The molecule has 9 nitrogen and oxygen atoms in total. The van der Waals surface area contributed by atoms with Gasteiger partial charge in [-0.2, -0.15) is 0 Å². The van der Waals surface area contributed by atoms with Gasteiger partial charge in [-0.15, -0.1) is 0 Å². The average molecular weight is 483 g/mol. The minimum absolute atomic E-state index is 0.0629. The Morgan fingerprint density at radius 3 is 2.18 bits per heavy atom. The van der Waals surface area contributed by atoms with Crippen LogP contribution in [-0.2, 0) is 14.8 Å². The van der Waals surface area contributed by atoms with Gasteiger partial charge in [-0.05, 0) is 67.6 Å². The molecule has 34 heavy (non-hydrogen) atoms. The van der Waals surface area contributed by atoms with Crippen LogP contribution in [0.3, 0.4) is 0 Å². The fourth-order valence-corrected chi connectivity index (χ4v) is 4.66. The molecule has 1 aliphatic rings. The number of anilines is 2. The van der Waals surface area contributed by atoms with Gasteiger partial charge in [0, 0.05) is 17.8 Å². The molecule has 0 bridgehead atoms. The smallest absolute Gasteiger partial charge is 0.250 e. The van der Waals surface area contributed by atoms with Crippen molar-refractivity contribution in [3.05, 3.63) is 78.9 Å². The molecule has 0 radical (unpaired) electrons. The minimum atomic E-state index is -3.77. The number of rotatable bonds is 9. The van der Waals surface area contributed by atoms with Crippen LogP contribution in [0.4, 0.5) is 11.4 Å². The van der Waals surface area contributed by atoms with Crippen molar-refractivity contribution in [2.45, 2.75) is 24.8 Å². The maximum Gasteiger partial charge on any atom is 0.250 e. The van der Waals surface area contributed by atoms with E-state index in [1.165, 1.54) is 0 Å². The van der Waals surface area contributed by atoms with Crippen molar-refractivity contribution in [3.8, 4) is 17.2 Å². The highest BCUT2D eigenvalue weighted by Crippen LogP contribution is 2.23. The van der Waals surface area contributed by atoms with E-state index in [2.05, 4.69) is 20.9 Å². The normalized spacial score (nSPS) is 17.7. The Balaban J connectivity index is 1.30. The van der Waals surface area contributed by atoms with E-state index in [0.29, 0.717) is 35.2 Å². The van der Waals surface area contributed by atoms with Crippen LogP contribution in [0.25, 0.3) is 0 Å². The summed E-state index contributed by atoms with van der Waals surface area (Å²) in [7, 11) is -3.77. The highest BCUT2D eigenvalue weighted by molar-refractivity contribution is 7.93. The molecule has 3 aromatic carbocycles. The van der Waals surface area contributed by atoms with E-state index in [4.69, 9.17) is 9.47 Å². The zero-order valence-electron chi connectivity index (χ0n) is 18.5. The first kappa shape index (κ1) is 23.6. The molecule has 0 aromatic heterocycles. The summed E-state index contributed by atoms with van der Waals surface area (Å²) in [6.07, 6.45) is 0.0629. The fraction of sp³-hybridized carbons (Fsp3) is 0.208. The summed E-state index contributed by atoms with van der Waals surface area (Å²) in [5.41, 5.74) is 6.45. The first-order chi connectivity index (χ1) is 16.4. The second-order valence-electron chi connectivity index (χ2n) is 7.60. The lowest BCUT2D eigenvalue weighted by atomic mass is 10.2. The molecule has 0 spiro atoms. The maximum absolute atomic E-state index is 12.7. The van der Waals surface area contributed by atoms with Crippen LogP contribution in [0.15, 0.2) is 78.9 Å². The summed E-state index contributed by atoms with van der Waals surface area (Å²) in [4.78, 5) is 12.6. The third kappa shape index (κ3) is 6.04. The van der Waals surface area contributed by atoms with Crippen molar-refractivity contribution in [3.63, 3.8) is 0 Å². The zero-order chi connectivity index (χ0) is 24.0. The molecule has 4 N–H and O–H groups in total. The molecule has 0 aliphatic carbocycles. The van der Waals surface area contributed by atoms with E-state index in [9.17, 15) is 13.2 Å². The van der Waals surface area contributed by atoms with Crippen LogP contribution >= 0.6 is 0 Å². The van der Waals surface area contributed by atoms with Crippen molar-refractivity contribution in [2.75, 3.05) is 16.6 Å². The molecule has 3 aromatic rings. The monoisotopic (exact) mass is 482 g/mol. The molecule has 1 amide bonds. The maximum atomic E-state index is 12.7. The number of nitrogens with one attached hydrogen (secondary N) is 4. The molecule has 2 unspecified atom stereocenters. The fourth-order valence-electron chi connectivity index (χ4n) is 3.38. The zero-order valence-corrected chi connectivity index (χ0v) is 19.3. The summed E-state index contributed by atoms with van der Waals surface area (Å²) >= 11 is 0. The predicted molar refractivity (Wildman–Crippen MR) is 130 cm³/mol. The SMILES string of the molecule is CCOc1ccc(NS(=O)(=O)C2CC(C(=O)Nc3ccc(Oc4ccccc4)cc3)NN2)cc1. The first-order valence-corrected chi connectivity index (χ1v) is 12.4. The topological polar surface area (TPSA) is 118 Å². The van der Waals surface area contributed by atoms with Gasteiger partial charge in [-0.25, -0.2) is 19.3 Å². The van der Waals surface area contributed by atoms with E-state index in [0.717, 1.165) is 0 Å². The Morgan fingerprint density at radius 2 is 1.50 bits per heavy atom. The first-order valence-electron chi connectivity index (χ1n) is 10.8. The molecular formula is C24H26N4O5S. The molecule has 1 aliphatic heterocycles. The van der Waals surface area contributed by atoms with Crippen LogP contribution < -0.4 is 30.4 Å². The Hall–Kier alpha value is -3.60. The molecule has 1 saturated heterocycles. The number of hydrogen-bond acceptors (Lipinski definition) is 7. The summed E-state index contributed by atoms with van der Waals surface area (Å²) in [6, 6.07) is 22.2. The highest BCUT2D eigenvalue weighted by atomic mass is 32.2. The predicted octanol–water partition coefficient (Wildman–Crippen LogP) is 3.45. The Morgan fingerprint density at radius 1 is 0.882 bits per heavy atom. The number of benzene rings is 3. The van der Waals surface area contributed by atoms with Gasteiger partial charge in [-0.3, -0.25) is 9.52 Å². The molecule has 4 rings (SSSR count). The number of ether oxygens (including phenoxy) is 2. The number of amides is 1. The van der Waals surface area contributed by atoms with Gasteiger partial charge in [-0.1, -0.05) is 18.2 Å². The Bertz CT molecular complexity index is 1200. The van der Waals surface area contributed by atoms with Crippen LogP contribution in [0.2, 0.25) is 0 Å². The number of carbonyl (C=O) groups excluding carboxylic acids is 1. The number of hydrogen-bond donors (Lipinski definition) is 4. The standard InChI is InChI=1S/C24H26N4O5S/c1-2-32-19-12-10-18(11-13-19)28-34(30,31)23-16-22(26-27-23)24(29)25-17-8-14-21(15-9-17)33-20-6-4-3-5-7-20/h3-15,22-23,26-28H,2,16H2,1H3,(H,25,29). The van der Waals surface area contributed by atoms with Gasteiger partial charge in [0.2, 0.25) is 15.9 Å². The quantitative estimate of drug-likeness (QED) is 0.369. The summed E-state index contributed by atoms with van der Waals surface area (Å²) < 4.78 is 39.1. The van der Waals surface area contributed by atoms with Crippen molar-refractivity contribution < 1.29 is 22.7 Å². The molecule has 1 heterocycles. The van der Waals surface area contributed by atoms with Crippen molar-refractivity contribution in [2.24, 2.45) is 0 Å². The van der Waals surface area contributed by atoms with E-state index in [1.54, 1.807) is 48.5 Å². The van der Waals surface area contributed by atoms with E-state index in [1.807, 2.05) is 37.3 Å². The second-order valence-corrected chi connectivity index (χ2v) is 9.46. The molecular weight excluding hydrogens is 456 g/mol. The van der Waals surface area contributed by atoms with Crippen LogP contribution in [0.5, 0.6) is 17.2 Å². The molecule has 1 fully saturated rings. The number of hydrazine groups is 1. The second kappa shape index (κ2) is 10.6.